The Morgan fingerprint density at radius 3 is 2.96 bits per heavy atom. The maximum Gasteiger partial charge on any atom is 0.258 e. The number of rotatable bonds is 2. The first-order valence-electron chi connectivity index (χ1n) is 8.10. The van der Waals surface area contributed by atoms with Crippen molar-refractivity contribution in [2.75, 3.05) is 11.9 Å². The highest BCUT2D eigenvalue weighted by Gasteiger charge is 2.21. The number of pyridine rings is 1. The van der Waals surface area contributed by atoms with Crippen LogP contribution < -0.4 is 10.6 Å². The number of nitrogens with one attached hydrogen (secondary N) is 2. The summed E-state index contributed by atoms with van der Waals surface area (Å²) in [4.78, 5) is 17.0. The van der Waals surface area contributed by atoms with Crippen molar-refractivity contribution in [1.82, 2.24) is 15.5 Å². The van der Waals surface area contributed by atoms with Gasteiger partial charge in [-0.3, -0.25) is 4.79 Å². The summed E-state index contributed by atoms with van der Waals surface area (Å²) in [7, 11) is 0. The first kappa shape index (κ1) is 18.3. The molecule has 3 aromatic rings. The highest BCUT2D eigenvalue weighted by molar-refractivity contribution is 6.12. The van der Waals surface area contributed by atoms with Crippen molar-refractivity contribution in [3.05, 3.63) is 52.1 Å². The van der Waals surface area contributed by atoms with Crippen molar-refractivity contribution >= 4 is 35.1 Å². The van der Waals surface area contributed by atoms with Crippen LogP contribution >= 0.6 is 12.4 Å². The lowest BCUT2D eigenvalue weighted by Crippen LogP contribution is -2.25. The monoisotopic (exact) mass is 376 g/mol. The van der Waals surface area contributed by atoms with Gasteiger partial charge in [0.05, 0.1) is 22.3 Å². The van der Waals surface area contributed by atoms with E-state index in [0.717, 1.165) is 12.1 Å². The van der Waals surface area contributed by atoms with Gasteiger partial charge in [-0.25, -0.2) is 9.37 Å². The van der Waals surface area contributed by atoms with E-state index in [9.17, 15) is 9.18 Å². The molecular formula is C18H18ClFN4O2. The number of hydrogen-bond acceptors (Lipinski definition) is 5. The molecule has 2 aromatic heterocycles. The fourth-order valence-corrected chi connectivity index (χ4v) is 3.22. The van der Waals surface area contributed by atoms with Gasteiger partial charge in [0, 0.05) is 12.2 Å². The third-order valence-electron chi connectivity index (χ3n) is 4.45. The van der Waals surface area contributed by atoms with Crippen molar-refractivity contribution in [3.8, 4) is 0 Å². The van der Waals surface area contributed by atoms with Gasteiger partial charge < -0.3 is 15.2 Å². The molecule has 0 fully saturated rings. The number of hydrogen-bond donors (Lipinski definition) is 2. The lowest BCUT2D eigenvalue weighted by molar-refractivity contribution is 0.102. The summed E-state index contributed by atoms with van der Waals surface area (Å²) < 4.78 is 19.9. The van der Waals surface area contributed by atoms with Gasteiger partial charge >= 0.3 is 0 Å². The van der Waals surface area contributed by atoms with Crippen LogP contribution in [0.15, 0.2) is 22.7 Å². The largest absolute Gasteiger partial charge is 0.336 e. The number of halogens is 2. The summed E-state index contributed by atoms with van der Waals surface area (Å²) in [5.41, 5.74) is 3.66. The Bertz CT molecular complexity index is 1000. The van der Waals surface area contributed by atoms with Gasteiger partial charge in [0.2, 0.25) is 0 Å². The van der Waals surface area contributed by atoms with Crippen LogP contribution in [0.25, 0.3) is 11.1 Å². The van der Waals surface area contributed by atoms with E-state index >= 15 is 0 Å². The topological polar surface area (TPSA) is 80.0 Å². The average Bonchev–Trinajstić information content (AvgIpc) is 2.97. The van der Waals surface area contributed by atoms with Crippen LogP contribution in [-0.4, -0.2) is 22.6 Å². The zero-order chi connectivity index (χ0) is 17.6. The number of aryl methyl sites for hydroxylation is 2. The normalized spacial score (nSPS) is 13.2. The minimum absolute atomic E-state index is 0. The predicted octanol–water partition coefficient (Wildman–Crippen LogP) is 3.30. The highest BCUT2D eigenvalue weighted by Crippen LogP contribution is 2.27. The molecule has 0 bridgehead atoms. The Labute approximate surface area is 155 Å². The Morgan fingerprint density at radius 2 is 2.15 bits per heavy atom. The van der Waals surface area contributed by atoms with Crippen molar-refractivity contribution in [2.45, 2.75) is 26.8 Å². The van der Waals surface area contributed by atoms with Gasteiger partial charge in [-0.05, 0) is 50.1 Å². The van der Waals surface area contributed by atoms with Crippen LogP contribution in [0.2, 0.25) is 0 Å². The van der Waals surface area contributed by atoms with E-state index < -0.39 is 5.91 Å². The van der Waals surface area contributed by atoms with Gasteiger partial charge in [-0.2, -0.15) is 0 Å². The molecule has 0 atom stereocenters. The van der Waals surface area contributed by atoms with Crippen molar-refractivity contribution in [2.24, 2.45) is 0 Å². The number of fused-ring (bicyclic) bond motifs is 2. The number of nitrogens with zero attached hydrogens (tertiary/aromatic N) is 2. The molecule has 0 aliphatic carbocycles. The fourth-order valence-electron chi connectivity index (χ4n) is 3.22. The Morgan fingerprint density at radius 1 is 1.35 bits per heavy atom. The van der Waals surface area contributed by atoms with Crippen LogP contribution in [0.1, 0.15) is 32.9 Å². The first-order valence-corrected chi connectivity index (χ1v) is 8.10. The smallest absolute Gasteiger partial charge is 0.258 e. The summed E-state index contributed by atoms with van der Waals surface area (Å²) in [6.45, 7) is 4.88. The molecule has 0 saturated heterocycles. The van der Waals surface area contributed by atoms with Gasteiger partial charge in [0.25, 0.3) is 11.6 Å². The number of amides is 1. The average molecular weight is 377 g/mol. The highest BCUT2D eigenvalue weighted by atomic mass is 35.5. The van der Waals surface area contributed by atoms with Crippen LogP contribution in [0, 0.1) is 19.7 Å². The standard InChI is InChI=1S/C18H17FN4O2.ClH/c1-9-7-13(15-10(2)23-25-18(15)21-9)17(24)22-14-4-3-11-8-20-6-5-12(11)16(14)19;/h3-4,7,20H,5-6,8H2,1-2H3,(H,22,24);1H. The molecule has 0 spiro atoms. The number of carbonyl (C=O) groups excluding carboxylic acids is 1. The zero-order valence-electron chi connectivity index (χ0n) is 14.4. The molecule has 8 heteroatoms. The Hall–Kier alpha value is -2.51. The van der Waals surface area contributed by atoms with Gasteiger partial charge in [-0.15, -0.1) is 12.4 Å². The third kappa shape index (κ3) is 3.04. The van der Waals surface area contributed by atoms with Crippen molar-refractivity contribution in [1.29, 1.82) is 0 Å². The maximum atomic E-state index is 14.8. The van der Waals surface area contributed by atoms with Crippen LogP contribution in [-0.2, 0) is 13.0 Å². The number of anilines is 1. The summed E-state index contributed by atoms with van der Waals surface area (Å²) in [6, 6.07) is 5.10. The first-order chi connectivity index (χ1) is 12.0. The van der Waals surface area contributed by atoms with E-state index in [1.165, 1.54) is 0 Å². The van der Waals surface area contributed by atoms with E-state index in [2.05, 4.69) is 20.8 Å². The van der Waals surface area contributed by atoms with Crippen LogP contribution in [0.4, 0.5) is 10.1 Å². The quantitative estimate of drug-likeness (QED) is 0.717. The minimum atomic E-state index is -0.408. The summed E-state index contributed by atoms with van der Waals surface area (Å²) in [6.07, 6.45) is 0.605. The van der Waals surface area contributed by atoms with Crippen molar-refractivity contribution < 1.29 is 13.7 Å². The molecule has 3 heterocycles. The SMILES string of the molecule is Cc1cc(C(=O)Nc2ccc3c(c2F)CCNC3)c2c(C)noc2n1.Cl. The zero-order valence-corrected chi connectivity index (χ0v) is 15.2. The van der Waals surface area contributed by atoms with Crippen molar-refractivity contribution in [3.63, 3.8) is 0 Å². The fraction of sp³-hybridized carbons (Fsp3) is 0.278. The number of aromatic nitrogens is 2. The molecule has 0 unspecified atom stereocenters. The van der Waals surface area contributed by atoms with Crippen LogP contribution in [0.5, 0.6) is 0 Å². The molecule has 1 aromatic carbocycles. The summed E-state index contributed by atoms with van der Waals surface area (Å²) >= 11 is 0. The Kier molecular flexibility index (Phi) is 4.93. The second-order valence-electron chi connectivity index (χ2n) is 6.21. The predicted molar refractivity (Wildman–Crippen MR) is 98.3 cm³/mol. The Balaban J connectivity index is 0.00000196. The molecule has 1 aliphatic rings. The molecule has 26 heavy (non-hydrogen) atoms. The van der Waals surface area contributed by atoms with E-state index in [4.69, 9.17) is 4.52 Å². The molecule has 0 radical (unpaired) electrons. The molecule has 2 N–H and O–H groups in total. The second kappa shape index (κ2) is 7.01. The second-order valence-corrected chi connectivity index (χ2v) is 6.21. The lowest BCUT2D eigenvalue weighted by Gasteiger charge is -2.19. The van der Waals surface area contributed by atoms with Crippen LogP contribution in [0.3, 0.4) is 0 Å². The number of benzene rings is 1. The molecular weight excluding hydrogens is 359 g/mol. The number of carbonyl (C=O) groups is 1. The minimum Gasteiger partial charge on any atom is -0.336 e. The third-order valence-corrected chi connectivity index (χ3v) is 4.45. The van der Waals surface area contributed by atoms with E-state index in [1.807, 2.05) is 6.07 Å². The van der Waals surface area contributed by atoms with E-state index in [0.29, 0.717) is 46.6 Å². The molecule has 1 amide bonds. The molecule has 1 aliphatic heterocycles. The molecule has 0 saturated carbocycles. The van der Waals surface area contributed by atoms with Gasteiger partial charge in [-0.1, -0.05) is 11.2 Å². The lowest BCUT2D eigenvalue weighted by atomic mass is 9.99. The van der Waals surface area contributed by atoms with Gasteiger partial charge in [0.1, 0.15) is 5.82 Å². The molecule has 136 valence electrons. The maximum absolute atomic E-state index is 14.8. The summed E-state index contributed by atoms with van der Waals surface area (Å²) in [5.74, 6) is -0.772. The summed E-state index contributed by atoms with van der Waals surface area (Å²) in [5, 5.41) is 10.3. The molecule has 6 nitrogen and oxygen atoms in total. The molecule has 4 rings (SSSR count). The van der Waals surface area contributed by atoms with Gasteiger partial charge in [0.15, 0.2) is 0 Å². The van der Waals surface area contributed by atoms with E-state index in [1.54, 1.807) is 26.0 Å². The van der Waals surface area contributed by atoms with E-state index in [-0.39, 0.29) is 23.9 Å².